The molecule has 0 unspecified atom stereocenters. The molecule has 6 nitrogen and oxygen atoms in total. The van der Waals surface area contributed by atoms with Crippen LogP contribution in [0.2, 0.25) is 0 Å². The third kappa shape index (κ3) is 4.17. The number of aromatic amines is 1. The number of para-hydroxylation sites is 1. The van der Waals surface area contributed by atoms with E-state index in [9.17, 15) is 14.4 Å². The maximum absolute atomic E-state index is 12.7. The smallest absolute Gasteiger partial charge is 0.261 e. The minimum Gasteiger partial charge on any atom is -0.457 e. The van der Waals surface area contributed by atoms with Gasteiger partial charge in [0.2, 0.25) is 0 Å². The number of H-pyrrole nitrogens is 1. The third-order valence-electron chi connectivity index (χ3n) is 5.13. The van der Waals surface area contributed by atoms with E-state index in [2.05, 4.69) is 10.3 Å². The van der Waals surface area contributed by atoms with E-state index in [1.54, 1.807) is 0 Å². The van der Waals surface area contributed by atoms with Gasteiger partial charge in [-0.15, -0.1) is 0 Å². The van der Waals surface area contributed by atoms with Gasteiger partial charge >= 0.3 is 0 Å². The van der Waals surface area contributed by atoms with Crippen molar-refractivity contribution < 1.29 is 14.3 Å². The quantitative estimate of drug-likeness (QED) is 0.677. The molecule has 0 fully saturated rings. The van der Waals surface area contributed by atoms with Gasteiger partial charge in [0.1, 0.15) is 17.1 Å². The average Bonchev–Trinajstić information content (AvgIpc) is 2.73. The average molecular weight is 402 g/mol. The van der Waals surface area contributed by atoms with Crippen molar-refractivity contribution >= 4 is 11.7 Å². The van der Waals surface area contributed by atoms with Crippen LogP contribution in [0.5, 0.6) is 11.5 Å². The van der Waals surface area contributed by atoms with Gasteiger partial charge in [0.25, 0.3) is 11.5 Å². The Balaban J connectivity index is 1.52. The molecule has 152 valence electrons. The van der Waals surface area contributed by atoms with Gasteiger partial charge in [0, 0.05) is 29.8 Å². The zero-order valence-corrected chi connectivity index (χ0v) is 16.7. The molecule has 0 radical (unpaired) electrons. The molecule has 1 amide bonds. The lowest BCUT2D eigenvalue weighted by Gasteiger charge is -2.15. The molecule has 0 saturated heterocycles. The normalized spacial score (nSPS) is 12.9. The van der Waals surface area contributed by atoms with E-state index < -0.39 is 11.5 Å². The minimum absolute atomic E-state index is 0.0431. The Bertz CT molecular complexity index is 1180. The van der Waals surface area contributed by atoms with E-state index in [0.717, 1.165) is 11.1 Å². The number of aryl methyl sites for hydroxylation is 2. The maximum atomic E-state index is 12.7. The predicted molar refractivity (Wildman–Crippen MR) is 113 cm³/mol. The molecule has 1 heterocycles. The number of aromatic nitrogens is 1. The third-order valence-corrected chi connectivity index (χ3v) is 5.13. The Kier molecular flexibility index (Phi) is 5.48. The summed E-state index contributed by atoms with van der Waals surface area (Å²) in [6.07, 6.45) is 1.79. The molecular formula is C24H22N2O4. The lowest BCUT2D eigenvalue weighted by molar-refractivity contribution is 0.0949. The number of ketones is 1. The van der Waals surface area contributed by atoms with Crippen LogP contribution >= 0.6 is 0 Å². The summed E-state index contributed by atoms with van der Waals surface area (Å²) in [6, 6.07) is 16.5. The molecule has 0 saturated carbocycles. The molecular weight excluding hydrogens is 380 g/mol. The topological polar surface area (TPSA) is 88.3 Å². The highest BCUT2D eigenvalue weighted by molar-refractivity contribution is 6.01. The monoisotopic (exact) mass is 402 g/mol. The van der Waals surface area contributed by atoms with Crippen LogP contribution in [0.25, 0.3) is 0 Å². The van der Waals surface area contributed by atoms with E-state index in [1.807, 2.05) is 55.5 Å². The second-order valence-electron chi connectivity index (χ2n) is 7.39. The molecule has 1 aromatic heterocycles. The number of Topliss-reactive ketones (excluding diaryl/α,β-unsaturated/α-hetero) is 1. The molecule has 0 atom stereocenters. The lowest BCUT2D eigenvalue weighted by Crippen LogP contribution is -2.31. The molecule has 2 aromatic carbocycles. The van der Waals surface area contributed by atoms with Crippen molar-refractivity contribution in [3.05, 3.63) is 92.9 Å². The van der Waals surface area contributed by atoms with E-state index in [-0.39, 0.29) is 17.9 Å². The Morgan fingerprint density at radius 3 is 2.73 bits per heavy atom. The van der Waals surface area contributed by atoms with Gasteiger partial charge in [-0.1, -0.05) is 30.3 Å². The molecule has 2 N–H and O–H groups in total. The van der Waals surface area contributed by atoms with E-state index in [0.29, 0.717) is 42.0 Å². The molecule has 0 spiro atoms. The molecule has 6 heteroatoms. The second kappa shape index (κ2) is 8.37. The molecule has 1 aliphatic rings. The van der Waals surface area contributed by atoms with Gasteiger partial charge in [-0.25, -0.2) is 0 Å². The van der Waals surface area contributed by atoms with Crippen molar-refractivity contribution in [1.29, 1.82) is 0 Å². The Hall–Kier alpha value is -3.67. The number of carbonyl (C=O) groups excluding carboxylic acids is 2. The van der Waals surface area contributed by atoms with Crippen LogP contribution in [0.3, 0.4) is 0 Å². The van der Waals surface area contributed by atoms with Gasteiger partial charge in [-0.05, 0) is 49.6 Å². The largest absolute Gasteiger partial charge is 0.457 e. The van der Waals surface area contributed by atoms with Crippen molar-refractivity contribution in [3.63, 3.8) is 0 Å². The predicted octanol–water partition coefficient (Wildman–Crippen LogP) is 3.92. The first-order valence-electron chi connectivity index (χ1n) is 9.91. The first-order chi connectivity index (χ1) is 14.5. The molecule has 30 heavy (non-hydrogen) atoms. The highest BCUT2D eigenvalue weighted by Crippen LogP contribution is 2.26. The standard InChI is InChI=1S/C24H22N2O4/c1-15-6-4-8-17(12-15)30-22-11-3-2-7-16(22)14-25-23(28)19-13-18-20(26-24(19)29)9-5-10-21(18)27/h2-4,6-8,11-13H,5,9-10,14H2,1H3,(H,25,28)(H,26,29). The van der Waals surface area contributed by atoms with Gasteiger partial charge < -0.3 is 15.0 Å². The number of pyridine rings is 1. The summed E-state index contributed by atoms with van der Waals surface area (Å²) < 4.78 is 5.98. The number of hydrogen-bond donors (Lipinski definition) is 2. The number of amides is 1. The van der Waals surface area contributed by atoms with Crippen molar-refractivity contribution in [2.45, 2.75) is 32.7 Å². The van der Waals surface area contributed by atoms with Crippen molar-refractivity contribution in [2.24, 2.45) is 0 Å². The number of hydrogen-bond acceptors (Lipinski definition) is 4. The first kappa shape index (κ1) is 19.6. The fraction of sp³-hybridized carbons (Fsp3) is 0.208. The van der Waals surface area contributed by atoms with E-state index >= 15 is 0 Å². The summed E-state index contributed by atoms with van der Waals surface area (Å²) in [6.45, 7) is 2.17. The molecule has 4 rings (SSSR count). The van der Waals surface area contributed by atoms with Crippen LogP contribution < -0.4 is 15.6 Å². The van der Waals surface area contributed by atoms with Crippen molar-refractivity contribution in [2.75, 3.05) is 0 Å². The number of benzene rings is 2. The highest BCUT2D eigenvalue weighted by Gasteiger charge is 2.22. The van der Waals surface area contributed by atoms with Crippen LogP contribution in [0, 0.1) is 6.92 Å². The zero-order valence-electron chi connectivity index (χ0n) is 16.7. The van der Waals surface area contributed by atoms with Gasteiger partial charge in [0.05, 0.1) is 0 Å². The van der Waals surface area contributed by atoms with Crippen LogP contribution in [0.15, 0.2) is 59.4 Å². The molecule has 1 aliphatic carbocycles. The summed E-state index contributed by atoms with van der Waals surface area (Å²) in [7, 11) is 0. The van der Waals surface area contributed by atoms with E-state index in [1.165, 1.54) is 6.07 Å². The summed E-state index contributed by atoms with van der Waals surface area (Å²) in [5.74, 6) is 0.762. The minimum atomic E-state index is -0.525. The fourth-order valence-corrected chi connectivity index (χ4v) is 3.57. The Morgan fingerprint density at radius 2 is 1.90 bits per heavy atom. The molecule has 3 aromatic rings. The zero-order chi connectivity index (χ0) is 21.1. The van der Waals surface area contributed by atoms with Crippen molar-refractivity contribution in [3.8, 4) is 11.5 Å². The molecule has 0 bridgehead atoms. The summed E-state index contributed by atoms with van der Waals surface area (Å²) in [4.78, 5) is 39.8. The Morgan fingerprint density at radius 1 is 1.07 bits per heavy atom. The highest BCUT2D eigenvalue weighted by atomic mass is 16.5. The lowest BCUT2D eigenvalue weighted by atomic mass is 9.93. The van der Waals surface area contributed by atoms with Gasteiger partial charge in [-0.3, -0.25) is 14.4 Å². The maximum Gasteiger partial charge on any atom is 0.261 e. The van der Waals surface area contributed by atoms with E-state index in [4.69, 9.17) is 4.74 Å². The number of nitrogens with one attached hydrogen (secondary N) is 2. The number of fused-ring (bicyclic) bond motifs is 1. The van der Waals surface area contributed by atoms with Crippen molar-refractivity contribution in [1.82, 2.24) is 10.3 Å². The summed E-state index contributed by atoms with van der Waals surface area (Å²) in [5, 5.41) is 2.77. The SMILES string of the molecule is Cc1cccc(Oc2ccccc2CNC(=O)c2cc3c([nH]c2=O)CCCC3=O)c1. The number of carbonyl (C=O) groups is 2. The van der Waals surface area contributed by atoms with Crippen LogP contribution in [-0.2, 0) is 13.0 Å². The van der Waals surface area contributed by atoms with Gasteiger partial charge in [0.15, 0.2) is 5.78 Å². The number of ether oxygens (including phenoxy) is 1. The first-order valence-corrected chi connectivity index (χ1v) is 9.91. The van der Waals surface area contributed by atoms with Crippen LogP contribution in [-0.4, -0.2) is 16.7 Å². The fourth-order valence-electron chi connectivity index (χ4n) is 3.57. The molecule has 0 aliphatic heterocycles. The van der Waals surface area contributed by atoms with Crippen LogP contribution in [0.4, 0.5) is 0 Å². The number of rotatable bonds is 5. The van der Waals surface area contributed by atoms with Gasteiger partial charge in [-0.2, -0.15) is 0 Å². The Labute approximate surface area is 173 Å². The second-order valence-corrected chi connectivity index (χ2v) is 7.39. The summed E-state index contributed by atoms with van der Waals surface area (Å²) >= 11 is 0. The van der Waals surface area contributed by atoms with Crippen LogP contribution in [0.1, 0.15) is 50.4 Å². The summed E-state index contributed by atoms with van der Waals surface area (Å²) in [5.41, 5.74) is 2.38.